The fourth-order valence-electron chi connectivity index (χ4n) is 6.23. The van der Waals surface area contributed by atoms with Crippen molar-refractivity contribution in [1.82, 2.24) is 10.2 Å². The van der Waals surface area contributed by atoms with E-state index < -0.39 is 59.4 Å². The van der Waals surface area contributed by atoms with E-state index in [1.54, 1.807) is 28.1 Å². The zero-order valence-corrected chi connectivity index (χ0v) is 35.3. The number of carbonyl (C=O) groups is 5. The van der Waals surface area contributed by atoms with Crippen molar-refractivity contribution in [3.8, 4) is 11.5 Å². The SMILES string of the molecule is COCCCOc1cc(C[C@@H](C[C@H]2[C@H](C[C@H](C(=O)NCC(C)(C)C(N)=O)C(C)C)OC(OC(=O)OCC(C)(C)C(=O)OC)N2C(=O)OC)C(C)C)ccc1OC. The third-order valence-corrected chi connectivity index (χ3v) is 10.1. The lowest BCUT2D eigenvalue weighted by Gasteiger charge is -2.33. The molecule has 1 aromatic rings. The smallest absolute Gasteiger partial charge is 0.493 e. The minimum atomic E-state index is -1.59. The molecule has 0 aromatic heterocycles. The number of amides is 3. The van der Waals surface area contributed by atoms with Crippen LogP contribution < -0.4 is 20.5 Å². The van der Waals surface area contributed by atoms with Crippen molar-refractivity contribution in [1.29, 1.82) is 0 Å². The first-order chi connectivity index (χ1) is 26.2. The molecule has 1 unspecified atom stereocenters. The number of primary amides is 1. The van der Waals surface area contributed by atoms with Crippen molar-refractivity contribution >= 4 is 30.0 Å². The van der Waals surface area contributed by atoms with Gasteiger partial charge in [0, 0.05) is 32.6 Å². The van der Waals surface area contributed by atoms with E-state index in [4.69, 9.17) is 43.6 Å². The van der Waals surface area contributed by atoms with Gasteiger partial charge in [-0.1, -0.05) is 33.8 Å². The van der Waals surface area contributed by atoms with Gasteiger partial charge < -0.3 is 48.9 Å². The maximum Gasteiger partial charge on any atom is 0.512 e. The fourth-order valence-corrected chi connectivity index (χ4v) is 6.23. The number of rotatable bonds is 22. The number of carbonyl (C=O) groups excluding carboxylic acids is 5. The Bertz CT molecular complexity index is 1460. The highest BCUT2D eigenvalue weighted by atomic mass is 16.8. The number of benzene rings is 1. The first-order valence-electron chi connectivity index (χ1n) is 19.0. The van der Waals surface area contributed by atoms with E-state index in [2.05, 4.69) is 19.2 Å². The fraction of sp³-hybridized carbons (Fsp3) is 0.725. The second-order valence-electron chi connectivity index (χ2n) is 16.1. The van der Waals surface area contributed by atoms with Crippen LogP contribution in [0.2, 0.25) is 0 Å². The van der Waals surface area contributed by atoms with Gasteiger partial charge in [0.25, 0.3) is 6.41 Å². The maximum atomic E-state index is 13.7. The second-order valence-corrected chi connectivity index (χ2v) is 16.1. The van der Waals surface area contributed by atoms with Crippen LogP contribution in [0.1, 0.15) is 80.2 Å². The molecule has 3 amide bonds. The Balaban J connectivity index is 2.52. The topological polar surface area (TPSA) is 200 Å². The maximum absolute atomic E-state index is 13.7. The average molecular weight is 796 g/mol. The molecule has 1 aromatic carbocycles. The van der Waals surface area contributed by atoms with Crippen molar-refractivity contribution in [2.75, 3.05) is 54.8 Å². The van der Waals surface area contributed by atoms with Gasteiger partial charge in [0.15, 0.2) is 11.5 Å². The molecule has 0 spiro atoms. The molecule has 1 aliphatic rings. The molecule has 5 atom stereocenters. The lowest BCUT2D eigenvalue weighted by atomic mass is 9.80. The summed E-state index contributed by atoms with van der Waals surface area (Å²) in [5.74, 6) is -1.12. The van der Waals surface area contributed by atoms with Gasteiger partial charge in [0.2, 0.25) is 11.8 Å². The highest BCUT2D eigenvalue weighted by molar-refractivity contribution is 5.83. The van der Waals surface area contributed by atoms with Gasteiger partial charge in [-0.15, -0.1) is 0 Å². The Kier molecular flexibility index (Phi) is 18.7. The van der Waals surface area contributed by atoms with E-state index in [0.717, 1.165) is 5.56 Å². The van der Waals surface area contributed by atoms with E-state index in [1.807, 2.05) is 32.0 Å². The summed E-state index contributed by atoms with van der Waals surface area (Å²) in [6, 6.07) is 5.01. The van der Waals surface area contributed by atoms with Crippen LogP contribution in [0.25, 0.3) is 0 Å². The van der Waals surface area contributed by atoms with Crippen LogP contribution in [0.3, 0.4) is 0 Å². The van der Waals surface area contributed by atoms with Crippen LogP contribution in [0.5, 0.6) is 11.5 Å². The molecule has 2 rings (SSSR count). The molecule has 318 valence electrons. The first kappa shape index (κ1) is 47.8. The summed E-state index contributed by atoms with van der Waals surface area (Å²) in [5.41, 5.74) is 4.34. The van der Waals surface area contributed by atoms with Crippen molar-refractivity contribution < 1.29 is 61.9 Å². The second kappa shape index (κ2) is 21.8. The molecule has 0 radical (unpaired) electrons. The number of hydrogen-bond donors (Lipinski definition) is 2. The van der Waals surface area contributed by atoms with E-state index in [9.17, 15) is 24.0 Å². The summed E-state index contributed by atoms with van der Waals surface area (Å²) in [5, 5.41) is 2.86. The molecule has 0 saturated carbocycles. The van der Waals surface area contributed by atoms with E-state index >= 15 is 0 Å². The van der Waals surface area contributed by atoms with Crippen LogP contribution in [-0.2, 0) is 49.2 Å². The molecule has 16 nitrogen and oxygen atoms in total. The largest absolute Gasteiger partial charge is 0.512 e. The minimum Gasteiger partial charge on any atom is -0.493 e. The monoisotopic (exact) mass is 795 g/mol. The number of nitrogens with zero attached hydrogens (tertiary/aromatic N) is 1. The summed E-state index contributed by atoms with van der Waals surface area (Å²) >= 11 is 0. The summed E-state index contributed by atoms with van der Waals surface area (Å²) < 4.78 is 43.9. The van der Waals surface area contributed by atoms with Gasteiger partial charge in [0.05, 0.1) is 50.9 Å². The predicted octanol–water partition coefficient (Wildman–Crippen LogP) is 5.08. The van der Waals surface area contributed by atoms with Gasteiger partial charge >= 0.3 is 18.2 Å². The third-order valence-electron chi connectivity index (χ3n) is 10.1. The summed E-state index contributed by atoms with van der Waals surface area (Å²) in [4.78, 5) is 65.8. The van der Waals surface area contributed by atoms with Gasteiger partial charge in [-0.3, -0.25) is 14.4 Å². The molecule has 0 aliphatic carbocycles. The van der Waals surface area contributed by atoms with Gasteiger partial charge in [-0.2, -0.15) is 0 Å². The number of hydrogen-bond acceptors (Lipinski definition) is 13. The van der Waals surface area contributed by atoms with Crippen LogP contribution >= 0.6 is 0 Å². The number of nitrogens with two attached hydrogens (primary N) is 1. The molecule has 16 heteroatoms. The van der Waals surface area contributed by atoms with E-state index in [-0.39, 0.29) is 43.2 Å². The normalized spacial score (nSPS) is 18.2. The van der Waals surface area contributed by atoms with Crippen molar-refractivity contribution in [2.24, 2.45) is 40.2 Å². The highest BCUT2D eigenvalue weighted by Crippen LogP contribution is 2.38. The molecule has 1 saturated heterocycles. The lowest BCUT2D eigenvalue weighted by Crippen LogP contribution is -2.48. The molecule has 3 N–H and O–H groups in total. The number of ether oxygens (including phenoxy) is 8. The number of methoxy groups -OCH3 is 4. The van der Waals surface area contributed by atoms with Gasteiger partial charge in [-0.05, 0) is 82.4 Å². The van der Waals surface area contributed by atoms with Gasteiger partial charge in [0.1, 0.15) is 6.61 Å². The molecular weight excluding hydrogens is 730 g/mol. The number of esters is 1. The van der Waals surface area contributed by atoms with Crippen LogP contribution in [0, 0.1) is 34.5 Å². The Hall–Kier alpha value is -4.31. The average Bonchev–Trinajstić information content (AvgIpc) is 3.47. The summed E-state index contributed by atoms with van der Waals surface area (Å²) in [6.45, 7) is 14.9. The Morgan fingerprint density at radius 1 is 0.893 bits per heavy atom. The first-order valence-corrected chi connectivity index (χ1v) is 19.0. The van der Waals surface area contributed by atoms with E-state index in [0.29, 0.717) is 44.0 Å². The Morgan fingerprint density at radius 3 is 2.12 bits per heavy atom. The molecular formula is C40H65N3O13. The van der Waals surface area contributed by atoms with E-state index in [1.165, 1.54) is 33.0 Å². The molecule has 56 heavy (non-hydrogen) atoms. The third kappa shape index (κ3) is 13.7. The summed E-state index contributed by atoms with van der Waals surface area (Å²) in [7, 11) is 5.64. The molecule has 1 fully saturated rings. The van der Waals surface area contributed by atoms with Gasteiger partial charge in [-0.25, -0.2) is 14.5 Å². The summed E-state index contributed by atoms with van der Waals surface area (Å²) in [6.07, 6.45) is -2.67. The highest BCUT2D eigenvalue weighted by Gasteiger charge is 2.50. The molecule has 0 bridgehead atoms. The Morgan fingerprint density at radius 2 is 1.57 bits per heavy atom. The zero-order valence-electron chi connectivity index (χ0n) is 35.3. The molecule has 1 aliphatic heterocycles. The van der Waals surface area contributed by atoms with Crippen LogP contribution in [-0.4, -0.2) is 108 Å². The van der Waals surface area contributed by atoms with Crippen LogP contribution in [0.4, 0.5) is 9.59 Å². The van der Waals surface area contributed by atoms with Crippen molar-refractivity contribution in [2.45, 2.75) is 99.6 Å². The number of nitrogens with one attached hydrogen (secondary N) is 1. The minimum absolute atomic E-state index is 0.0164. The van der Waals surface area contributed by atoms with Crippen LogP contribution in [0.15, 0.2) is 18.2 Å². The molecule has 1 heterocycles. The standard InChI is InChI=1S/C40H65N3O13/c1-24(2)27(18-26-14-15-30(50-10)32(19-26)53-17-13-16-49-9)20-29-31(21-28(25(3)4)33(44)42-22-39(5,6)34(41)45)55-37(43(29)36(47)52-12)56-38(48)54-23-40(7,8)35(46)51-11/h14-15,19,24-25,27-29,31,37H,13,16-18,20-23H2,1-12H3,(H2,41,45)(H,42,44)/t27-,28-,29-,31-,37?/m0/s1. The lowest BCUT2D eigenvalue weighted by molar-refractivity contribution is -0.166. The van der Waals surface area contributed by atoms with Crippen molar-refractivity contribution in [3.05, 3.63) is 23.8 Å². The quantitative estimate of drug-likeness (QED) is 0.0896. The Labute approximate surface area is 331 Å². The predicted molar refractivity (Wildman–Crippen MR) is 205 cm³/mol. The zero-order chi connectivity index (χ0) is 42.4. The van der Waals surface area contributed by atoms with Crippen molar-refractivity contribution in [3.63, 3.8) is 0 Å².